The van der Waals surface area contributed by atoms with Crippen LogP contribution in [0, 0.1) is 5.92 Å². The van der Waals surface area contributed by atoms with Gasteiger partial charge in [-0.3, -0.25) is 0 Å². The van der Waals surface area contributed by atoms with Crippen molar-refractivity contribution in [2.24, 2.45) is 5.92 Å². The zero-order valence-corrected chi connectivity index (χ0v) is 12.2. The van der Waals surface area contributed by atoms with Gasteiger partial charge in [-0.15, -0.1) is 0 Å². The summed E-state index contributed by atoms with van der Waals surface area (Å²) in [5.41, 5.74) is 0. The molecule has 1 aromatic heterocycles. The molecular weight excluding hydrogens is 278 g/mol. The maximum Gasteiger partial charge on any atom is 0.128 e. The Labute approximate surface area is 112 Å². The quantitative estimate of drug-likeness (QED) is 0.855. The number of anilines is 1. The molecule has 4 heteroatoms. The summed E-state index contributed by atoms with van der Waals surface area (Å²) in [5.74, 6) is 1.82. The van der Waals surface area contributed by atoms with Crippen LogP contribution in [0.3, 0.4) is 0 Å². The molecule has 0 aliphatic carbocycles. The van der Waals surface area contributed by atoms with E-state index in [1.807, 2.05) is 12.3 Å². The lowest BCUT2D eigenvalue weighted by atomic mass is 9.98. The SMILES string of the molecule is CN1CCCC(CN(C)c2ccc(Br)cn2)C1. The molecule has 0 bridgehead atoms. The van der Waals surface area contributed by atoms with Crippen molar-refractivity contribution < 1.29 is 0 Å². The van der Waals surface area contributed by atoms with E-state index in [-0.39, 0.29) is 0 Å². The summed E-state index contributed by atoms with van der Waals surface area (Å²) in [6.45, 7) is 3.55. The van der Waals surface area contributed by atoms with Gasteiger partial charge in [-0.05, 0) is 60.4 Å². The van der Waals surface area contributed by atoms with Crippen LogP contribution in [-0.4, -0.2) is 43.6 Å². The van der Waals surface area contributed by atoms with Crippen LogP contribution in [0.1, 0.15) is 12.8 Å². The molecule has 1 saturated heterocycles. The Kier molecular flexibility index (Phi) is 4.40. The highest BCUT2D eigenvalue weighted by molar-refractivity contribution is 9.10. The first kappa shape index (κ1) is 12.8. The second-order valence-corrected chi connectivity index (χ2v) is 5.90. The Morgan fingerprint density at radius 3 is 3.00 bits per heavy atom. The number of halogens is 1. The molecule has 0 radical (unpaired) electrons. The second kappa shape index (κ2) is 5.83. The Morgan fingerprint density at radius 1 is 1.53 bits per heavy atom. The first-order chi connectivity index (χ1) is 8.15. The minimum absolute atomic E-state index is 0.768. The van der Waals surface area contributed by atoms with Crippen LogP contribution in [0.4, 0.5) is 5.82 Å². The first-order valence-electron chi connectivity index (χ1n) is 6.16. The third-order valence-corrected chi connectivity index (χ3v) is 3.83. The monoisotopic (exact) mass is 297 g/mol. The molecule has 1 aliphatic heterocycles. The average molecular weight is 298 g/mol. The van der Waals surface area contributed by atoms with Crippen LogP contribution in [0.25, 0.3) is 0 Å². The van der Waals surface area contributed by atoms with Crippen LogP contribution in [0.5, 0.6) is 0 Å². The van der Waals surface area contributed by atoms with E-state index in [9.17, 15) is 0 Å². The fourth-order valence-electron chi connectivity index (χ4n) is 2.50. The van der Waals surface area contributed by atoms with E-state index in [0.29, 0.717) is 0 Å². The van der Waals surface area contributed by atoms with Crippen LogP contribution in [0.2, 0.25) is 0 Å². The average Bonchev–Trinajstić information content (AvgIpc) is 2.29. The topological polar surface area (TPSA) is 19.4 Å². The summed E-state index contributed by atoms with van der Waals surface area (Å²) in [6.07, 6.45) is 4.52. The standard InChI is InChI=1S/C13H20BrN3/c1-16-7-3-4-11(9-16)10-17(2)13-6-5-12(14)8-15-13/h5-6,8,11H,3-4,7,9-10H2,1-2H3. The molecule has 0 saturated carbocycles. The highest BCUT2D eigenvalue weighted by atomic mass is 79.9. The smallest absolute Gasteiger partial charge is 0.128 e. The van der Waals surface area contributed by atoms with Crippen molar-refractivity contribution in [1.29, 1.82) is 0 Å². The molecule has 2 rings (SSSR count). The molecule has 1 atom stereocenters. The summed E-state index contributed by atoms with van der Waals surface area (Å²) in [6, 6.07) is 4.11. The lowest BCUT2D eigenvalue weighted by Crippen LogP contribution is -2.38. The summed E-state index contributed by atoms with van der Waals surface area (Å²) in [4.78, 5) is 9.12. The molecule has 0 amide bonds. The number of hydrogen-bond acceptors (Lipinski definition) is 3. The number of rotatable bonds is 3. The largest absolute Gasteiger partial charge is 0.359 e. The number of aromatic nitrogens is 1. The van der Waals surface area contributed by atoms with Crippen LogP contribution in [-0.2, 0) is 0 Å². The van der Waals surface area contributed by atoms with Gasteiger partial charge in [0.15, 0.2) is 0 Å². The van der Waals surface area contributed by atoms with Gasteiger partial charge in [-0.1, -0.05) is 0 Å². The lowest BCUT2D eigenvalue weighted by Gasteiger charge is -2.32. The third kappa shape index (κ3) is 3.68. The van der Waals surface area contributed by atoms with Gasteiger partial charge in [0.2, 0.25) is 0 Å². The molecule has 94 valence electrons. The van der Waals surface area contributed by atoms with Crippen molar-refractivity contribution >= 4 is 21.7 Å². The van der Waals surface area contributed by atoms with Gasteiger partial charge >= 0.3 is 0 Å². The summed E-state index contributed by atoms with van der Waals surface area (Å²) in [5, 5.41) is 0. The number of nitrogens with zero attached hydrogens (tertiary/aromatic N) is 3. The van der Waals surface area contributed by atoms with Crippen LogP contribution in [0.15, 0.2) is 22.8 Å². The first-order valence-corrected chi connectivity index (χ1v) is 6.95. The Hall–Kier alpha value is -0.610. The molecule has 17 heavy (non-hydrogen) atoms. The van der Waals surface area contributed by atoms with Crippen molar-refractivity contribution in [3.63, 3.8) is 0 Å². The van der Waals surface area contributed by atoms with E-state index < -0.39 is 0 Å². The molecule has 2 heterocycles. The van der Waals surface area contributed by atoms with Crippen molar-refractivity contribution in [3.05, 3.63) is 22.8 Å². The van der Waals surface area contributed by atoms with Gasteiger partial charge in [0.1, 0.15) is 5.82 Å². The summed E-state index contributed by atoms with van der Waals surface area (Å²) >= 11 is 3.41. The van der Waals surface area contributed by atoms with E-state index in [4.69, 9.17) is 0 Å². The van der Waals surface area contributed by atoms with Gasteiger partial charge < -0.3 is 9.80 Å². The van der Waals surface area contributed by atoms with Crippen molar-refractivity contribution in [3.8, 4) is 0 Å². The highest BCUT2D eigenvalue weighted by Crippen LogP contribution is 2.19. The maximum atomic E-state index is 4.43. The molecule has 0 spiro atoms. The second-order valence-electron chi connectivity index (χ2n) is 4.99. The predicted molar refractivity (Wildman–Crippen MR) is 75.4 cm³/mol. The van der Waals surface area contributed by atoms with Crippen molar-refractivity contribution in [2.75, 3.05) is 38.6 Å². The molecule has 0 aromatic carbocycles. The minimum atomic E-state index is 0.768. The summed E-state index contributed by atoms with van der Waals surface area (Å²) < 4.78 is 1.03. The third-order valence-electron chi connectivity index (χ3n) is 3.36. The molecule has 1 aliphatic rings. The molecular formula is C13H20BrN3. The van der Waals surface area contributed by atoms with E-state index >= 15 is 0 Å². The zero-order valence-electron chi connectivity index (χ0n) is 10.6. The molecule has 1 unspecified atom stereocenters. The van der Waals surface area contributed by atoms with E-state index in [0.717, 1.165) is 22.8 Å². The van der Waals surface area contributed by atoms with Gasteiger partial charge in [0.05, 0.1) is 0 Å². The number of likely N-dealkylation sites (tertiary alicyclic amines) is 1. The van der Waals surface area contributed by atoms with Crippen LogP contribution < -0.4 is 4.90 Å². The molecule has 0 N–H and O–H groups in total. The highest BCUT2D eigenvalue weighted by Gasteiger charge is 2.18. The van der Waals surface area contributed by atoms with Gasteiger partial charge in [-0.2, -0.15) is 0 Å². The minimum Gasteiger partial charge on any atom is -0.359 e. The normalized spacial score (nSPS) is 21.5. The molecule has 1 fully saturated rings. The number of hydrogen-bond donors (Lipinski definition) is 0. The Balaban J connectivity index is 1.91. The van der Waals surface area contributed by atoms with E-state index in [2.05, 4.69) is 50.9 Å². The number of piperidine rings is 1. The van der Waals surface area contributed by atoms with Crippen molar-refractivity contribution in [2.45, 2.75) is 12.8 Å². The van der Waals surface area contributed by atoms with E-state index in [1.54, 1.807) is 0 Å². The van der Waals surface area contributed by atoms with Gasteiger partial charge in [-0.25, -0.2) is 4.98 Å². The summed E-state index contributed by atoms with van der Waals surface area (Å²) in [7, 11) is 4.34. The molecule has 3 nitrogen and oxygen atoms in total. The fourth-order valence-corrected chi connectivity index (χ4v) is 2.73. The lowest BCUT2D eigenvalue weighted by molar-refractivity contribution is 0.213. The number of pyridine rings is 1. The Morgan fingerprint density at radius 2 is 2.35 bits per heavy atom. The predicted octanol–water partition coefficient (Wildman–Crippen LogP) is 2.62. The van der Waals surface area contributed by atoms with E-state index in [1.165, 1.54) is 25.9 Å². The maximum absolute atomic E-state index is 4.43. The van der Waals surface area contributed by atoms with Gasteiger partial charge in [0, 0.05) is 30.8 Å². The van der Waals surface area contributed by atoms with Crippen molar-refractivity contribution in [1.82, 2.24) is 9.88 Å². The Bertz CT molecular complexity index is 352. The van der Waals surface area contributed by atoms with Crippen LogP contribution >= 0.6 is 15.9 Å². The van der Waals surface area contributed by atoms with Gasteiger partial charge in [0.25, 0.3) is 0 Å². The zero-order chi connectivity index (χ0) is 12.3. The molecule has 1 aromatic rings. The fraction of sp³-hybridized carbons (Fsp3) is 0.615.